The molecule has 1 N–H and O–H groups in total. The molecule has 0 unspecified atom stereocenters. The summed E-state index contributed by atoms with van der Waals surface area (Å²) in [6.45, 7) is 4.16. The molecule has 0 spiro atoms. The summed E-state index contributed by atoms with van der Waals surface area (Å²) < 4.78 is 5.96. The number of carbonyl (C=O) groups excluding carboxylic acids is 1. The van der Waals surface area contributed by atoms with Crippen LogP contribution in [0.3, 0.4) is 0 Å². The van der Waals surface area contributed by atoms with Crippen LogP contribution < -0.4 is 10.2 Å². The summed E-state index contributed by atoms with van der Waals surface area (Å²) in [5.74, 6) is 0.203. The van der Waals surface area contributed by atoms with Gasteiger partial charge in [0.1, 0.15) is 12.4 Å². The number of carbonyl (C=O) groups is 1. The summed E-state index contributed by atoms with van der Waals surface area (Å²) in [5, 5.41) is 15.8. The van der Waals surface area contributed by atoms with E-state index in [0.717, 1.165) is 28.0 Å². The monoisotopic (exact) mass is 471 g/mol. The first-order chi connectivity index (χ1) is 15.2. The Morgan fingerprint density at radius 3 is 2.47 bits per heavy atom. The van der Waals surface area contributed by atoms with E-state index in [0.29, 0.717) is 16.7 Å². The first kappa shape index (κ1) is 23.2. The van der Waals surface area contributed by atoms with E-state index in [-0.39, 0.29) is 11.3 Å². The Labute approximate surface area is 194 Å². The molecule has 0 fully saturated rings. The molecule has 1 amide bonds. The minimum atomic E-state index is -0.559. The molecule has 0 aliphatic rings. The number of nitro benzene ring substituents is 1. The lowest BCUT2D eigenvalue weighted by Gasteiger charge is -2.13. The Hall–Kier alpha value is -3.42. The number of benzene rings is 3. The van der Waals surface area contributed by atoms with E-state index >= 15 is 0 Å². The highest BCUT2D eigenvalue weighted by atomic mass is 35.5. The quantitative estimate of drug-likeness (QED) is 0.265. The average molecular weight is 472 g/mol. The van der Waals surface area contributed by atoms with Crippen molar-refractivity contribution in [2.24, 2.45) is 5.10 Å². The van der Waals surface area contributed by atoms with Gasteiger partial charge in [0.15, 0.2) is 0 Å². The zero-order valence-electron chi connectivity index (χ0n) is 17.3. The van der Waals surface area contributed by atoms with Crippen LogP contribution in [-0.2, 0) is 6.61 Å². The number of non-ortho nitro benzene ring substituents is 1. The van der Waals surface area contributed by atoms with Crippen molar-refractivity contribution < 1.29 is 14.5 Å². The van der Waals surface area contributed by atoms with Gasteiger partial charge in [0, 0.05) is 17.7 Å². The minimum absolute atomic E-state index is 0.148. The SMILES string of the molecule is Cc1cc(/C=N\NC(=O)c2cccc([N+](=O)[O-])c2)cc(C)c1OCc1ccc(Cl)c(Cl)c1. The third-order valence-corrected chi connectivity index (χ3v) is 5.29. The molecule has 0 saturated heterocycles. The molecule has 9 heteroatoms. The van der Waals surface area contributed by atoms with Crippen molar-refractivity contribution in [3.63, 3.8) is 0 Å². The number of nitrogens with one attached hydrogen (secondary N) is 1. The highest BCUT2D eigenvalue weighted by molar-refractivity contribution is 6.42. The second kappa shape index (κ2) is 10.3. The number of halogens is 2. The summed E-state index contributed by atoms with van der Waals surface area (Å²) in [5.41, 5.74) is 5.82. The van der Waals surface area contributed by atoms with Crippen molar-refractivity contribution in [1.29, 1.82) is 0 Å². The van der Waals surface area contributed by atoms with Crippen molar-refractivity contribution in [3.05, 3.63) is 103 Å². The van der Waals surface area contributed by atoms with Gasteiger partial charge in [-0.15, -0.1) is 0 Å². The van der Waals surface area contributed by atoms with Crippen LogP contribution >= 0.6 is 23.2 Å². The van der Waals surface area contributed by atoms with E-state index < -0.39 is 10.8 Å². The first-order valence-corrected chi connectivity index (χ1v) is 10.3. The van der Waals surface area contributed by atoms with Gasteiger partial charge in [-0.2, -0.15) is 5.10 Å². The molecule has 0 saturated carbocycles. The van der Waals surface area contributed by atoms with E-state index in [9.17, 15) is 14.9 Å². The van der Waals surface area contributed by atoms with Crippen LogP contribution in [0, 0.1) is 24.0 Å². The maximum absolute atomic E-state index is 12.2. The van der Waals surface area contributed by atoms with Crippen molar-refractivity contribution in [2.45, 2.75) is 20.5 Å². The van der Waals surface area contributed by atoms with Crippen LogP contribution in [0.25, 0.3) is 0 Å². The fraction of sp³-hybridized carbons (Fsp3) is 0.130. The zero-order chi connectivity index (χ0) is 23.3. The van der Waals surface area contributed by atoms with Crippen molar-refractivity contribution in [3.8, 4) is 5.75 Å². The van der Waals surface area contributed by atoms with Gasteiger partial charge < -0.3 is 4.74 Å². The highest BCUT2D eigenvalue weighted by Crippen LogP contribution is 2.27. The lowest BCUT2D eigenvalue weighted by Crippen LogP contribution is -2.17. The number of rotatable bonds is 7. The van der Waals surface area contributed by atoms with Gasteiger partial charge in [0.05, 0.1) is 21.2 Å². The maximum atomic E-state index is 12.2. The second-order valence-electron chi connectivity index (χ2n) is 7.03. The molecule has 7 nitrogen and oxygen atoms in total. The fourth-order valence-electron chi connectivity index (χ4n) is 3.06. The predicted octanol–water partition coefficient (Wildman–Crippen LogP) is 5.86. The van der Waals surface area contributed by atoms with Gasteiger partial charge >= 0.3 is 0 Å². The third kappa shape index (κ3) is 5.84. The minimum Gasteiger partial charge on any atom is -0.488 e. The van der Waals surface area contributed by atoms with Crippen LogP contribution in [0.5, 0.6) is 5.75 Å². The van der Waals surface area contributed by atoms with E-state index in [1.54, 1.807) is 12.1 Å². The van der Waals surface area contributed by atoms with E-state index in [1.165, 1.54) is 30.5 Å². The molecule has 3 aromatic rings. The molecule has 3 rings (SSSR count). The van der Waals surface area contributed by atoms with Crippen LogP contribution in [0.15, 0.2) is 59.7 Å². The van der Waals surface area contributed by atoms with E-state index in [1.807, 2.05) is 32.0 Å². The zero-order valence-corrected chi connectivity index (χ0v) is 18.8. The van der Waals surface area contributed by atoms with E-state index in [4.69, 9.17) is 27.9 Å². The van der Waals surface area contributed by atoms with Gasteiger partial charge in [0.25, 0.3) is 11.6 Å². The molecule has 0 atom stereocenters. The molecule has 0 aromatic heterocycles. The number of ether oxygens (including phenoxy) is 1. The van der Waals surface area contributed by atoms with Crippen LogP contribution in [-0.4, -0.2) is 17.0 Å². The Balaban J connectivity index is 1.65. The molecule has 32 heavy (non-hydrogen) atoms. The van der Waals surface area contributed by atoms with Crippen LogP contribution in [0.2, 0.25) is 10.0 Å². The van der Waals surface area contributed by atoms with Gasteiger partial charge in [-0.05, 0) is 66.4 Å². The Morgan fingerprint density at radius 1 is 1.09 bits per heavy atom. The number of hydrazone groups is 1. The fourth-order valence-corrected chi connectivity index (χ4v) is 3.38. The first-order valence-electron chi connectivity index (χ1n) is 9.50. The van der Waals surface area contributed by atoms with Crippen molar-refractivity contribution >= 4 is 41.0 Å². The molecule has 0 radical (unpaired) electrons. The second-order valence-corrected chi connectivity index (χ2v) is 7.84. The molecule has 164 valence electrons. The lowest BCUT2D eigenvalue weighted by molar-refractivity contribution is -0.384. The van der Waals surface area contributed by atoms with Gasteiger partial charge in [-0.25, -0.2) is 5.43 Å². The molecule has 0 bridgehead atoms. The summed E-state index contributed by atoms with van der Waals surface area (Å²) >= 11 is 12.0. The normalized spacial score (nSPS) is 10.9. The third-order valence-electron chi connectivity index (χ3n) is 4.55. The summed E-state index contributed by atoms with van der Waals surface area (Å²) in [6, 6.07) is 14.5. The number of hydrogen-bond donors (Lipinski definition) is 1. The Bertz CT molecular complexity index is 1190. The van der Waals surface area contributed by atoms with Crippen LogP contribution in [0.1, 0.15) is 32.6 Å². The largest absolute Gasteiger partial charge is 0.488 e. The number of nitro groups is 1. The van der Waals surface area contributed by atoms with E-state index in [2.05, 4.69) is 10.5 Å². The Morgan fingerprint density at radius 2 is 1.81 bits per heavy atom. The molecule has 0 heterocycles. The van der Waals surface area contributed by atoms with Gasteiger partial charge in [-0.1, -0.05) is 35.3 Å². The predicted molar refractivity (Wildman–Crippen MR) is 125 cm³/mol. The van der Waals surface area contributed by atoms with Crippen molar-refractivity contribution in [2.75, 3.05) is 0 Å². The maximum Gasteiger partial charge on any atom is 0.271 e. The number of nitrogens with zero attached hydrogens (tertiary/aromatic N) is 2. The number of hydrogen-bond acceptors (Lipinski definition) is 5. The van der Waals surface area contributed by atoms with Gasteiger partial charge in [-0.3, -0.25) is 14.9 Å². The molecule has 0 aliphatic heterocycles. The molecule has 3 aromatic carbocycles. The molecular weight excluding hydrogens is 453 g/mol. The molecule has 0 aliphatic carbocycles. The summed E-state index contributed by atoms with van der Waals surface area (Å²) in [4.78, 5) is 22.5. The Kier molecular flexibility index (Phi) is 7.45. The topological polar surface area (TPSA) is 93.8 Å². The summed E-state index contributed by atoms with van der Waals surface area (Å²) in [6.07, 6.45) is 1.50. The number of aryl methyl sites for hydroxylation is 2. The highest BCUT2D eigenvalue weighted by Gasteiger charge is 2.11. The van der Waals surface area contributed by atoms with Crippen LogP contribution in [0.4, 0.5) is 5.69 Å². The number of amides is 1. The average Bonchev–Trinajstić information content (AvgIpc) is 2.75. The standard InChI is InChI=1S/C23H19Cl2N3O4/c1-14-8-17(12-26-27-23(29)18-4-3-5-19(11-18)28(30)31)9-15(2)22(14)32-13-16-6-7-20(24)21(25)10-16/h3-12H,13H2,1-2H3,(H,27,29)/b26-12-. The van der Waals surface area contributed by atoms with Crippen molar-refractivity contribution in [1.82, 2.24) is 5.43 Å². The van der Waals surface area contributed by atoms with Gasteiger partial charge in [0.2, 0.25) is 0 Å². The summed E-state index contributed by atoms with van der Waals surface area (Å²) in [7, 11) is 0. The molecular formula is C23H19Cl2N3O4. The lowest BCUT2D eigenvalue weighted by atomic mass is 10.1. The smallest absolute Gasteiger partial charge is 0.271 e.